The third-order valence-corrected chi connectivity index (χ3v) is 2.29. The molecule has 2 nitrogen and oxygen atoms in total. The number of rotatable bonds is 3. The van der Waals surface area contributed by atoms with Crippen molar-refractivity contribution in [2.75, 3.05) is 13.0 Å². The number of hydrogen-bond acceptors (Lipinski definition) is 3. The van der Waals surface area contributed by atoms with Crippen LogP contribution < -0.4 is 0 Å². The van der Waals surface area contributed by atoms with E-state index >= 15 is 0 Å². The quantitative estimate of drug-likeness (QED) is 0.527. The number of thioether (sulfide) groups is 1. The predicted octanol–water partition coefficient (Wildman–Crippen LogP) is 2.25. The molecular formula is C9H9NOS. The number of nitrogens with zero attached hydrogens (tertiary/aromatic N) is 1. The van der Waals surface area contributed by atoms with E-state index in [0.717, 1.165) is 4.90 Å². The van der Waals surface area contributed by atoms with Gasteiger partial charge in [-0.2, -0.15) is 5.26 Å². The third-order valence-electron chi connectivity index (χ3n) is 1.33. The van der Waals surface area contributed by atoms with E-state index < -0.39 is 0 Å². The van der Waals surface area contributed by atoms with Crippen LogP contribution in [0.4, 0.5) is 0 Å². The van der Waals surface area contributed by atoms with Gasteiger partial charge in [-0.3, -0.25) is 0 Å². The molecule has 0 bridgehead atoms. The minimum atomic E-state index is 0.645. The minimum absolute atomic E-state index is 0.645. The van der Waals surface area contributed by atoms with Gasteiger partial charge in [-0.25, -0.2) is 0 Å². The second kappa shape index (κ2) is 4.81. The molecule has 3 heteroatoms. The monoisotopic (exact) mass is 179 g/mol. The Balaban J connectivity index is 2.60. The van der Waals surface area contributed by atoms with Crippen molar-refractivity contribution in [3.8, 4) is 6.07 Å². The molecule has 1 aromatic rings. The van der Waals surface area contributed by atoms with Gasteiger partial charge in [-0.1, -0.05) is 11.8 Å². The maximum Gasteiger partial charge on any atom is 0.0991 e. The van der Waals surface area contributed by atoms with Gasteiger partial charge in [0.25, 0.3) is 0 Å². The van der Waals surface area contributed by atoms with Crippen molar-refractivity contribution in [3.63, 3.8) is 0 Å². The Bertz CT molecular complexity index is 276. The van der Waals surface area contributed by atoms with Crippen molar-refractivity contribution in [2.24, 2.45) is 0 Å². The zero-order valence-corrected chi connectivity index (χ0v) is 7.60. The van der Waals surface area contributed by atoms with Gasteiger partial charge in [-0.05, 0) is 24.3 Å². The van der Waals surface area contributed by atoms with Gasteiger partial charge in [0, 0.05) is 12.0 Å². The number of nitriles is 1. The van der Waals surface area contributed by atoms with E-state index in [0.29, 0.717) is 11.5 Å². The average Bonchev–Trinajstić information content (AvgIpc) is 2.15. The lowest BCUT2D eigenvalue weighted by Crippen LogP contribution is -1.81. The standard InChI is InChI=1S/C9H9NOS/c1-11-7-12-9-4-2-8(6-10)3-5-9/h2-5H,7H2,1H3. The van der Waals surface area contributed by atoms with Crippen molar-refractivity contribution in [3.05, 3.63) is 29.8 Å². The van der Waals surface area contributed by atoms with Crippen LogP contribution in [-0.4, -0.2) is 13.0 Å². The summed E-state index contributed by atoms with van der Waals surface area (Å²) < 4.78 is 4.90. The van der Waals surface area contributed by atoms with Crippen LogP contribution in [0.1, 0.15) is 5.56 Å². The highest BCUT2D eigenvalue weighted by Gasteiger charge is 1.92. The second-order valence-electron chi connectivity index (χ2n) is 2.19. The molecule has 0 aliphatic carbocycles. The number of methoxy groups -OCH3 is 1. The Kier molecular flexibility index (Phi) is 3.65. The summed E-state index contributed by atoms with van der Waals surface area (Å²) >= 11 is 1.61. The fraction of sp³-hybridized carbons (Fsp3) is 0.222. The number of hydrogen-bond donors (Lipinski definition) is 0. The molecule has 0 saturated carbocycles. The first-order valence-corrected chi connectivity index (χ1v) is 4.47. The summed E-state index contributed by atoms with van der Waals surface area (Å²) in [4.78, 5) is 1.12. The summed E-state index contributed by atoms with van der Waals surface area (Å²) in [6, 6.07) is 9.51. The number of benzene rings is 1. The van der Waals surface area contributed by atoms with E-state index in [2.05, 4.69) is 6.07 Å². The molecule has 0 saturated heterocycles. The summed E-state index contributed by atoms with van der Waals surface area (Å²) in [6.45, 7) is 0. The fourth-order valence-corrected chi connectivity index (χ4v) is 1.34. The molecular weight excluding hydrogens is 170 g/mol. The molecule has 0 N–H and O–H groups in total. The van der Waals surface area contributed by atoms with Crippen molar-refractivity contribution < 1.29 is 4.74 Å². The van der Waals surface area contributed by atoms with Gasteiger partial charge in [0.1, 0.15) is 0 Å². The largest absolute Gasteiger partial charge is 0.374 e. The third kappa shape index (κ3) is 2.57. The lowest BCUT2D eigenvalue weighted by atomic mass is 10.2. The molecule has 0 atom stereocenters. The van der Waals surface area contributed by atoms with Gasteiger partial charge in [0.05, 0.1) is 17.6 Å². The van der Waals surface area contributed by atoms with E-state index in [9.17, 15) is 0 Å². The molecule has 0 aliphatic rings. The van der Waals surface area contributed by atoms with E-state index in [1.165, 1.54) is 0 Å². The molecule has 62 valence electrons. The highest BCUT2D eigenvalue weighted by atomic mass is 32.2. The van der Waals surface area contributed by atoms with E-state index in [1.54, 1.807) is 31.0 Å². The van der Waals surface area contributed by atoms with Crippen LogP contribution in [0, 0.1) is 11.3 Å². The van der Waals surface area contributed by atoms with Gasteiger partial charge in [0.15, 0.2) is 0 Å². The summed E-state index contributed by atoms with van der Waals surface area (Å²) in [5.74, 6) is 0.645. The first-order chi connectivity index (χ1) is 5.86. The molecule has 0 aromatic heterocycles. The molecule has 12 heavy (non-hydrogen) atoms. The first-order valence-electron chi connectivity index (χ1n) is 3.48. The molecule has 0 radical (unpaired) electrons. The SMILES string of the molecule is COCSc1ccc(C#N)cc1. The van der Waals surface area contributed by atoms with Gasteiger partial charge in [-0.15, -0.1) is 0 Å². The Morgan fingerprint density at radius 3 is 2.58 bits per heavy atom. The maximum atomic E-state index is 8.52. The van der Waals surface area contributed by atoms with Crippen molar-refractivity contribution >= 4 is 11.8 Å². The van der Waals surface area contributed by atoms with Crippen molar-refractivity contribution in [1.29, 1.82) is 5.26 Å². The van der Waals surface area contributed by atoms with Crippen LogP contribution in [0.25, 0.3) is 0 Å². The number of ether oxygens (including phenoxy) is 1. The van der Waals surface area contributed by atoms with Crippen LogP contribution in [-0.2, 0) is 4.74 Å². The molecule has 0 unspecified atom stereocenters. The molecule has 0 fully saturated rings. The van der Waals surface area contributed by atoms with Crippen LogP contribution in [0.3, 0.4) is 0 Å². The predicted molar refractivity (Wildman–Crippen MR) is 48.9 cm³/mol. The minimum Gasteiger partial charge on any atom is -0.374 e. The van der Waals surface area contributed by atoms with Crippen molar-refractivity contribution in [1.82, 2.24) is 0 Å². The Morgan fingerprint density at radius 1 is 1.42 bits per heavy atom. The maximum absolute atomic E-state index is 8.52. The van der Waals surface area contributed by atoms with Crippen molar-refractivity contribution in [2.45, 2.75) is 4.90 Å². The van der Waals surface area contributed by atoms with Gasteiger partial charge in [0.2, 0.25) is 0 Å². The van der Waals surface area contributed by atoms with Crippen LogP contribution in [0.2, 0.25) is 0 Å². The summed E-state index contributed by atoms with van der Waals surface area (Å²) in [5.41, 5.74) is 0.691. The first kappa shape index (κ1) is 9.11. The smallest absolute Gasteiger partial charge is 0.0991 e. The highest BCUT2D eigenvalue weighted by Crippen LogP contribution is 2.17. The van der Waals surface area contributed by atoms with E-state index in [1.807, 2.05) is 12.1 Å². The molecule has 0 heterocycles. The topological polar surface area (TPSA) is 33.0 Å². The normalized spacial score (nSPS) is 9.33. The Hall–Kier alpha value is -0.980. The zero-order chi connectivity index (χ0) is 8.81. The fourth-order valence-electron chi connectivity index (χ4n) is 0.753. The second-order valence-corrected chi connectivity index (χ2v) is 3.18. The van der Waals surface area contributed by atoms with E-state index in [-0.39, 0.29) is 0 Å². The lowest BCUT2D eigenvalue weighted by Gasteiger charge is -1.98. The molecule has 0 aliphatic heterocycles. The summed E-state index contributed by atoms with van der Waals surface area (Å²) in [6.07, 6.45) is 0. The molecule has 1 rings (SSSR count). The van der Waals surface area contributed by atoms with Crippen LogP contribution in [0.5, 0.6) is 0 Å². The van der Waals surface area contributed by atoms with Gasteiger partial charge >= 0.3 is 0 Å². The Labute approximate surface area is 76.2 Å². The summed E-state index contributed by atoms with van der Waals surface area (Å²) in [7, 11) is 1.66. The molecule has 1 aromatic carbocycles. The zero-order valence-electron chi connectivity index (χ0n) is 6.78. The highest BCUT2D eigenvalue weighted by molar-refractivity contribution is 7.99. The lowest BCUT2D eigenvalue weighted by molar-refractivity contribution is 0.259. The van der Waals surface area contributed by atoms with E-state index in [4.69, 9.17) is 10.00 Å². The van der Waals surface area contributed by atoms with Crippen LogP contribution in [0.15, 0.2) is 29.2 Å². The Morgan fingerprint density at radius 2 is 2.08 bits per heavy atom. The van der Waals surface area contributed by atoms with Crippen LogP contribution >= 0.6 is 11.8 Å². The molecule has 0 spiro atoms. The average molecular weight is 179 g/mol. The molecule has 0 amide bonds. The van der Waals surface area contributed by atoms with Gasteiger partial charge < -0.3 is 4.74 Å². The summed E-state index contributed by atoms with van der Waals surface area (Å²) in [5, 5.41) is 8.52.